The first-order valence-electron chi connectivity index (χ1n) is 9.59. The molecule has 0 saturated carbocycles. The van der Waals surface area contributed by atoms with Gasteiger partial charge in [-0.2, -0.15) is 8.42 Å². The van der Waals surface area contributed by atoms with Crippen LogP contribution in [0.3, 0.4) is 0 Å². The fraction of sp³-hybridized carbons (Fsp3) is 0.333. The van der Waals surface area contributed by atoms with Crippen molar-refractivity contribution in [3.8, 4) is 0 Å². The van der Waals surface area contributed by atoms with E-state index in [1.165, 1.54) is 0 Å². The molecular weight excluding hydrogens is 390 g/mol. The molecule has 7 nitrogen and oxygen atoms in total. The van der Waals surface area contributed by atoms with Crippen LogP contribution in [-0.4, -0.2) is 69.4 Å². The lowest BCUT2D eigenvalue weighted by Gasteiger charge is -2.35. The maximum atomic E-state index is 12.2. The summed E-state index contributed by atoms with van der Waals surface area (Å²) in [5.74, 6) is 0.223. The lowest BCUT2D eigenvalue weighted by molar-refractivity contribution is 0.0442. The minimum absolute atomic E-state index is 0.278. The van der Waals surface area contributed by atoms with Gasteiger partial charge in [-0.05, 0) is 31.2 Å². The van der Waals surface area contributed by atoms with Gasteiger partial charge in [0.25, 0.3) is 10.0 Å². The van der Waals surface area contributed by atoms with Crippen molar-refractivity contribution in [1.29, 1.82) is 0 Å². The summed E-state index contributed by atoms with van der Waals surface area (Å²) in [6, 6.07) is 14.3. The van der Waals surface area contributed by atoms with E-state index >= 15 is 0 Å². The van der Waals surface area contributed by atoms with Crippen LogP contribution in [0.15, 0.2) is 57.8 Å². The van der Waals surface area contributed by atoms with Crippen molar-refractivity contribution in [2.45, 2.75) is 11.8 Å². The van der Waals surface area contributed by atoms with Gasteiger partial charge in [0.2, 0.25) is 0 Å². The number of carbonyl (C=O) groups excluding carboxylic acids is 1. The second-order valence-corrected chi connectivity index (χ2v) is 8.79. The summed E-state index contributed by atoms with van der Waals surface area (Å²) in [5.41, 5.74) is 2.26. The van der Waals surface area contributed by atoms with E-state index in [1.807, 2.05) is 36.1 Å². The van der Waals surface area contributed by atoms with Gasteiger partial charge >= 0.3 is 5.97 Å². The third kappa shape index (κ3) is 4.18. The Morgan fingerprint density at radius 3 is 2.59 bits per heavy atom. The molecule has 152 valence electrons. The number of esters is 1. The molecule has 0 radical (unpaired) electrons. The average molecular weight is 413 g/mol. The summed E-state index contributed by atoms with van der Waals surface area (Å²) >= 11 is 0. The van der Waals surface area contributed by atoms with Gasteiger partial charge in [0.1, 0.15) is 11.5 Å². The first kappa shape index (κ1) is 19.6. The Morgan fingerprint density at radius 1 is 1.07 bits per heavy atom. The van der Waals surface area contributed by atoms with Gasteiger partial charge in [-0.25, -0.2) is 4.79 Å². The average Bonchev–Trinajstić information content (AvgIpc) is 3.00. The maximum Gasteiger partial charge on any atom is 0.338 e. The van der Waals surface area contributed by atoms with Crippen LogP contribution in [0.1, 0.15) is 21.5 Å². The summed E-state index contributed by atoms with van der Waals surface area (Å²) in [6.07, 6.45) is 0. The number of sulfonamides is 1. The third-order valence-electron chi connectivity index (χ3n) is 5.18. The number of nitrogens with zero attached hydrogens (tertiary/aromatic N) is 3. The van der Waals surface area contributed by atoms with Crippen LogP contribution in [0.2, 0.25) is 0 Å². The summed E-state index contributed by atoms with van der Waals surface area (Å²) in [7, 11) is -3.60. The van der Waals surface area contributed by atoms with Crippen LogP contribution in [0.25, 0.3) is 0 Å². The van der Waals surface area contributed by atoms with E-state index in [0.717, 1.165) is 18.7 Å². The van der Waals surface area contributed by atoms with Gasteiger partial charge in [-0.3, -0.25) is 4.90 Å². The van der Waals surface area contributed by atoms with Gasteiger partial charge in [-0.1, -0.05) is 29.8 Å². The number of hydrogen-bond donors (Lipinski definition) is 0. The number of ether oxygens (including phenoxy) is 1. The van der Waals surface area contributed by atoms with E-state index in [0.29, 0.717) is 43.2 Å². The molecule has 0 bridgehead atoms. The topological polar surface area (TPSA) is 79.3 Å². The Labute approximate surface area is 170 Å². The molecule has 0 unspecified atom stereocenters. The van der Waals surface area contributed by atoms with Crippen molar-refractivity contribution in [2.24, 2.45) is 4.40 Å². The van der Waals surface area contributed by atoms with E-state index in [9.17, 15) is 13.2 Å². The molecule has 1 saturated heterocycles. The molecule has 29 heavy (non-hydrogen) atoms. The molecule has 2 aliphatic heterocycles. The highest BCUT2D eigenvalue weighted by atomic mass is 32.2. The summed E-state index contributed by atoms with van der Waals surface area (Å²) in [6.45, 7) is 5.77. The zero-order valence-electron chi connectivity index (χ0n) is 16.2. The van der Waals surface area contributed by atoms with Gasteiger partial charge in [0.15, 0.2) is 5.84 Å². The van der Waals surface area contributed by atoms with E-state index in [1.54, 1.807) is 24.3 Å². The molecular formula is C21H23N3O4S. The summed E-state index contributed by atoms with van der Waals surface area (Å²) < 4.78 is 33.9. The zero-order valence-corrected chi connectivity index (χ0v) is 17.1. The first-order valence-corrected chi connectivity index (χ1v) is 11.0. The van der Waals surface area contributed by atoms with Crippen molar-refractivity contribution in [1.82, 2.24) is 9.80 Å². The molecule has 0 N–H and O–H groups in total. The number of rotatable bonds is 4. The molecule has 8 heteroatoms. The van der Waals surface area contributed by atoms with Crippen molar-refractivity contribution < 1.29 is 17.9 Å². The number of carbonyl (C=O) groups is 1. The lowest BCUT2D eigenvalue weighted by Crippen LogP contribution is -2.49. The molecule has 0 spiro atoms. The molecule has 0 aliphatic carbocycles. The molecule has 0 amide bonds. The predicted molar refractivity (Wildman–Crippen MR) is 110 cm³/mol. The largest absolute Gasteiger partial charge is 0.461 e. The van der Waals surface area contributed by atoms with Gasteiger partial charge in [-0.15, -0.1) is 4.40 Å². The van der Waals surface area contributed by atoms with Gasteiger partial charge < -0.3 is 9.64 Å². The highest BCUT2D eigenvalue weighted by molar-refractivity contribution is 7.90. The second-order valence-electron chi connectivity index (χ2n) is 7.22. The number of aryl methyl sites for hydroxylation is 1. The van der Waals surface area contributed by atoms with Crippen LogP contribution < -0.4 is 0 Å². The number of amidine groups is 1. The number of fused-ring (bicyclic) bond motifs is 1. The standard InChI is InChI=1S/C21H23N3O4S/c1-16-5-4-6-17(15-16)21(25)28-14-13-23-9-11-24(12-10-23)20-18-7-2-3-8-19(18)29(26,27)22-20/h2-8,15H,9-14H2,1H3. The molecule has 1 fully saturated rings. The minimum atomic E-state index is -3.60. The highest BCUT2D eigenvalue weighted by Crippen LogP contribution is 2.27. The van der Waals surface area contributed by atoms with E-state index in [2.05, 4.69) is 9.30 Å². The summed E-state index contributed by atoms with van der Waals surface area (Å²) in [5, 5.41) is 0. The maximum absolute atomic E-state index is 12.2. The lowest BCUT2D eigenvalue weighted by atomic mass is 10.1. The minimum Gasteiger partial charge on any atom is -0.461 e. The van der Waals surface area contributed by atoms with Crippen molar-refractivity contribution in [2.75, 3.05) is 39.3 Å². The Bertz CT molecular complexity index is 1060. The molecule has 4 rings (SSSR count). The van der Waals surface area contributed by atoms with Gasteiger partial charge in [0, 0.05) is 38.3 Å². The normalized spacial score (nSPS) is 18.2. The summed E-state index contributed by atoms with van der Waals surface area (Å²) in [4.78, 5) is 16.6. The molecule has 2 aromatic carbocycles. The van der Waals surface area contributed by atoms with Crippen LogP contribution in [0, 0.1) is 6.92 Å². The second kappa shape index (κ2) is 7.96. The first-order chi connectivity index (χ1) is 13.9. The molecule has 0 aromatic heterocycles. The van der Waals surface area contributed by atoms with E-state index in [4.69, 9.17) is 4.74 Å². The van der Waals surface area contributed by atoms with Gasteiger partial charge in [0.05, 0.1) is 5.56 Å². The van der Waals surface area contributed by atoms with Crippen LogP contribution in [0.4, 0.5) is 0 Å². The smallest absolute Gasteiger partial charge is 0.338 e. The SMILES string of the molecule is Cc1cccc(C(=O)OCCN2CCN(C3=NS(=O)(=O)c4ccccc43)CC2)c1. The molecule has 2 aromatic rings. The Morgan fingerprint density at radius 2 is 1.83 bits per heavy atom. The van der Waals surface area contributed by atoms with Crippen molar-refractivity contribution in [3.63, 3.8) is 0 Å². The Kier molecular flexibility index (Phi) is 5.38. The van der Waals surface area contributed by atoms with Crippen LogP contribution in [0.5, 0.6) is 0 Å². The monoisotopic (exact) mass is 413 g/mol. The molecule has 2 heterocycles. The van der Waals surface area contributed by atoms with Crippen LogP contribution >= 0.6 is 0 Å². The van der Waals surface area contributed by atoms with Crippen LogP contribution in [-0.2, 0) is 14.8 Å². The predicted octanol–water partition coefficient (Wildman–Crippen LogP) is 1.92. The fourth-order valence-corrected chi connectivity index (χ4v) is 4.85. The fourth-order valence-electron chi connectivity index (χ4n) is 3.62. The number of piperazine rings is 1. The van der Waals surface area contributed by atoms with Crippen molar-refractivity contribution in [3.05, 3.63) is 65.2 Å². The van der Waals surface area contributed by atoms with Crippen molar-refractivity contribution >= 4 is 21.8 Å². The third-order valence-corrected chi connectivity index (χ3v) is 6.50. The zero-order chi connectivity index (χ0) is 20.4. The number of benzene rings is 2. The highest BCUT2D eigenvalue weighted by Gasteiger charge is 2.32. The molecule has 0 atom stereocenters. The van der Waals surface area contributed by atoms with E-state index in [-0.39, 0.29) is 10.9 Å². The molecule has 2 aliphatic rings. The van der Waals surface area contributed by atoms with E-state index < -0.39 is 10.0 Å². The quantitative estimate of drug-likeness (QED) is 0.713. The Hall–Kier alpha value is -2.71. The number of hydrogen-bond acceptors (Lipinski definition) is 6. The Balaban J connectivity index is 1.29.